The van der Waals surface area contributed by atoms with Gasteiger partial charge in [-0.1, -0.05) is 131 Å². The van der Waals surface area contributed by atoms with Crippen LogP contribution in [0.4, 0.5) is 0 Å². The molecule has 144 valence electrons. The van der Waals surface area contributed by atoms with E-state index in [1.54, 1.807) is 0 Å². The van der Waals surface area contributed by atoms with Gasteiger partial charge in [-0.05, 0) is 30.5 Å². The van der Waals surface area contributed by atoms with Crippen molar-refractivity contribution in [1.82, 2.24) is 0 Å². The molecule has 0 atom stereocenters. The van der Waals surface area contributed by atoms with Crippen molar-refractivity contribution in [2.24, 2.45) is 0 Å². The number of rotatable bonds is 17. The molecule has 0 aliphatic heterocycles. The molecule has 0 heterocycles. The van der Waals surface area contributed by atoms with Crippen molar-refractivity contribution >= 4 is 15.9 Å². The first-order chi connectivity index (χ1) is 12.3. The topological polar surface area (TPSA) is 0 Å². The molecule has 0 N–H and O–H groups in total. The van der Waals surface area contributed by atoms with E-state index in [2.05, 4.69) is 47.1 Å². The Morgan fingerprint density at radius 2 is 0.880 bits per heavy atom. The van der Waals surface area contributed by atoms with Gasteiger partial charge in [0.1, 0.15) is 0 Å². The molecule has 25 heavy (non-hydrogen) atoms. The standard InChI is InChI=1S/C24H41Br/c1-2-3-4-5-6-7-8-9-10-11-12-13-14-15-16-17-18-23-19-21-24(25)22-20-23/h19-22H,2-18H2,1H3. The number of hydrogen-bond donors (Lipinski definition) is 0. The lowest BCUT2D eigenvalue weighted by Gasteiger charge is -2.04. The number of aryl methyl sites for hydroxylation is 1. The van der Waals surface area contributed by atoms with E-state index in [0.717, 1.165) is 0 Å². The molecule has 0 aromatic heterocycles. The average molecular weight is 409 g/mol. The molecular weight excluding hydrogens is 368 g/mol. The van der Waals surface area contributed by atoms with Crippen LogP contribution in [-0.2, 0) is 6.42 Å². The minimum atomic E-state index is 1.18. The molecular formula is C24H41Br. The van der Waals surface area contributed by atoms with Crippen LogP contribution in [0.2, 0.25) is 0 Å². The van der Waals surface area contributed by atoms with Gasteiger partial charge in [0.15, 0.2) is 0 Å². The van der Waals surface area contributed by atoms with Gasteiger partial charge >= 0.3 is 0 Å². The fourth-order valence-corrected chi connectivity index (χ4v) is 3.79. The molecule has 0 bridgehead atoms. The molecule has 0 saturated carbocycles. The lowest BCUT2D eigenvalue weighted by molar-refractivity contribution is 0.529. The second kappa shape index (κ2) is 17.1. The SMILES string of the molecule is CCCCCCCCCCCCCCCCCCc1ccc(Br)cc1. The molecule has 1 aromatic rings. The van der Waals surface area contributed by atoms with Crippen LogP contribution in [0, 0.1) is 0 Å². The first-order valence-electron chi connectivity index (χ1n) is 11.1. The Bertz CT molecular complexity index is 382. The molecule has 0 saturated heterocycles. The summed E-state index contributed by atoms with van der Waals surface area (Å²) in [4.78, 5) is 0. The Balaban J connectivity index is 1.74. The highest BCUT2D eigenvalue weighted by Gasteiger charge is 1.96. The normalized spacial score (nSPS) is 11.1. The first kappa shape index (κ1) is 22.7. The number of halogens is 1. The monoisotopic (exact) mass is 408 g/mol. The highest BCUT2D eigenvalue weighted by molar-refractivity contribution is 9.10. The minimum absolute atomic E-state index is 1.18. The fourth-order valence-electron chi connectivity index (χ4n) is 3.53. The van der Waals surface area contributed by atoms with E-state index in [4.69, 9.17) is 0 Å². The lowest BCUT2D eigenvalue weighted by Crippen LogP contribution is -1.86. The predicted molar refractivity (Wildman–Crippen MR) is 117 cm³/mol. The zero-order chi connectivity index (χ0) is 18.0. The van der Waals surface area contributed by atoms with Crippen LogP contribution in [0.15, 0.2) is 28.7 Å². The van der Waals surface area contributed by atoms with Crippen molar-refractivity contribution in [3.05, 3.63) is 34.3 Å². The highest BCUT2D eigenvalue weighted by Crippen LogP contribution is 2.15. The maximum Gasteiger partial charge on any atom is 0.0175 e. The van der Waals surface area contributed by atoms with Crippen LogP contribution in [0.25, 0.3) is 0 Å². The molecule has 0 unspecified atom stereocenters. The molecule has 0 radical (unpaired) electrons. The van der Waals surface area contributed by atoms with Gasteiger partial charge < -0.3 is 0 Å². The maximum atomic E-state index is 3.50. The van der Waals surface area contributed by atoms with E-state index in [1.165, 1.54) is 119 Å². The molecule has 0 aliphatic carbocycles. The van der Waals surface area contributed by atoms with E-state index in [9.17, 15) is 0 Å². The Morgan fingerprint density at radius 1 is 0.520 bits per heavy atom. The van der Waals surface area contributed by atoms with Crippen molar-refractivity contribution in [3.63, 3.8) is 0 Å². The van der Waals surface area contributed by atoms with Crippen LogP contribution in [-0.4, -0.2) is 0 Å². The van der Waals surface area contributed by atoms with Crippen LogP contribution in [0.3, 0.4) is 0 Å². The maximum absolute atomic E-state index is 3.50. The van der Waals surface area contributed by atoms with Crippen molar-refractivity contribution in [3.8, 4) is 0 Å². The summed E-state index contributed by atoms with van der Waals surface area (Å²) >= 11 is 3.50. The van der Waals surface area contributed by atoms with Gasteiger partial charge in [-0.15, -0.1) is 0 Å². The zero-order valence-electron chi connectivity index (χ0n) is 16.7. The van der Waals surface area contributed by atoms with Crippen molar-refractivity contribution in [2.45, 2.75) is 116 Å². The van der Waals surface area contributed by atoms with E-state index >= 15 is 0 Å². The number of benzene rings is 1. The quantitative estimate of drug-likeness (QED) is 0.225. The summed E-state index contributed by atoms with van der Waals surface area (Å²) < 4.78 is 1.18. The van der Waals surface area contributed by atoms with Gasteiger partial charge in [0, 0.05) is 4.47 Å². The van der Waals surface area contributed by atoms with Crippen molar-refractivity contribution < 1.29 is 0 Å². The van der Waals surface area contributed by atoms with E-state index in [-0.39, 0.29) is 0 Å². The van der Waals surface area contributed by atoms with Crippen LogP contribution in [0.5, 0.6) is 0 Å². The molecule has 0 fully saturated rings. The Labute approximate surface area is 166 Å². The lowest BCUT2D eigenvalue weighted by atomic mass is 10.0. The van der Waals surface area contributed by atoms with Gasteiger partial charge in [0.25, 0.3) is 0 Å². The van der Waals surface area contributed by atoms with Crippen LogP contribution in [0.1, 0.15) is 115 Å². The summed E-state index contributed by atoms with van der Waals surface area (Å²) in [5, 5.41) is 0. The van der Waals surface area contributed by atoms with Crippen LogP contribution < -0.4 is 0 Å². The second-order valence-corrected chi connectivity index (χ2v) is 8.60. The molecule has 0 aliphatic rings. The number of unbranched alkanes of at least 4 members (excludes halogenated alkanes) is 15. The predicted octanol–water partition coefficient (Wildman–Crippen LogP) is 9.25. The largest absolute Gasteiger partial charge is 0.0654 e. The minimum Gasteiger partial charge on any atom is -0.0654 e. The third-order valence-corrected chi connectivity index (χ3v) is 5.76. The van der Waals surface area contributed by atoms with E-state index in [1.807, 2.05) is 0 Å². The van der Waals surface area contributed by atoms with Crippen molar-refractivity contribution in [1.29, 1.82) is 0 Å². The third-order valence-electron chi connectivity index (χ3n) is 5.23. The Hall–Kier alpha value is -0.300. The molecule has 0 spiro atoms. The van der Waals surface area contributed by atoms with Gasteiger partial charge in [-0.2, -0.15) is 0 Å². The highest BCUT2D eigenvalue weighted by atomic mass is 79.9. The molecule has 0 nitrogen and oxygen atoms in total. The van der Waals surface area contributed by atoms with E-state index in [0.29, 0.717) is 0 Å². The summed E-state index contributed by atoms with van der Waals surface area (Å²) in [5.41, 5.74) is 1.48. The van der Waals surface area contributed by atoms with Gasteiger partial charge in [-0.3, -0.25) is 0 Å². The van der Waals surface area contributed by atoms with Gasteiger partial charge in [-0.25, -0.2) is 0 Å². The summed E-state index contributed by atoms with van der Waals surface area (Å²) in [6.45, 7) is 2.30. The summed E-state index contributed by atoms with van der Waals surface area (Å²) in [6.07, 6.45) is 24.3. The second-order valence-electron chi connectivity index (χ2n) is 7.68. The number of hydrogen-bond acceptors (Lipinski definition) is 0. The third kappa shape index (κ3) is 14.5. The smallest absolute Gasteiger partial charge is 0.0175 e. The summed E-state index contributed by atoms with van der Waals surface area (Å²) in [7, 11) is 0. The molecule has 1 aromatic carbocycles. The summed E-state index contributed by atoms with van der Waals surface area (Å²) in [5.74, 6) is 0. The van der Waals surface area contributed by atoms with Crippen molar-refractivity contribution in [2.75, 3.05) is 0 Å². The molecule has 1 rings (SSSR count). The van der Waals surface area contributed by atoms with Gasteiger partial charge in [0.2, 0.25) is 0 Å². The first-order valence-corrected chi connectivity index (χ1v) is 11.9. The molecule has 0 amide bonds. The zero-order valence-corrected chi connectivity index (χ0v) is 18.3. The Kier molecular flexibility index (Phi) is 15.6. The molecule has 1 heteroatoms. The van der Waals surface area contributed by atoms with E-state index < -0.39 is 0 Å². The average Bonchev–Trinajstić information content (AvgIpc) is 2.63. The van der Waals surface area contributed by atoms with Gasteiger partial charge in [0.05, 0.1) is 0 Å². The van der Waals surface area contributed by atoms with Crippen LogP contribution >= 0.6 is 15.9 Å². The summed E-state index contributed by atoms with van der Waals surface area (Å²) in [6, 6.07) is 8.80. The fraction of sp³-hybridized carbons (Fsp3) is 0.750. The Morgan fingerprint density at radius 3 is 1.28 bits per heavy atom.